The molecule has 1 aliphatic carbocycles. The van der Waals surface area contributed by atoms with Crippen LogP contribution in [-0.4, -0.2) is 99.4 Å². The topological polar surface area (TPSA) is 85.1 Å². The number of fused-ring (bicyclic) bond motifs is 1. The number of aromatic amines is 1. The number of halogens is 3. The van der Waals surface area contributed by atoms with Crippen molar-refractivity contribution in [3.8, 4) is 0 Å². The fourth-order valence-electron chi connectivity index (χ4n) is 5.84. The van der Waals surface area contributed by atoms with Gasteiger partial charge in [-0.05, 0) is 37.3 Å². The maximum absolute atomic E-state index is 13.3. The van der Waals surface area contributed by atoms with E-state index in [4.69, 9.17) is 0 Å². The second kappa shape index (κ2) is 9.06. The molecular weight excluding hydrogens is 473 g/mol. The number of urea groups is 1. The number of nitrogens with one attached hydrogen (secondary N) is 1. The van der Waals surface area contributed by atoms with E-state index in [1.54, 1.807) is 11.2 Å². The van der Waals surface area contributed by atoms with Gasteiger partial charge in [-0.2, -0.15) is 18.3 Å². The standard InChI is InChI=1S/C24H29F3N8O/c25-24(26,27)21-2-1-5-34(21)23(36)33-8-6-32(7-9-33)17-10-18(11-17)35-14-16(12-31-35)20-13-28-15-30-22-19(20)3-4-29-22/h3-4,12,14-15,17-18,21H,1-2,5-11,13H2,(H,28,29,30). The van der Waals surface area contributed by atoms with Crippen LogP contribution >= 0.6 is 0 Å². The van der Waals surface area contributed by atoms with E-state index in [-0.39, 0.29) is 13.0 Å². The Morgan fingerprint density at radius 3 is 2.67 bits per heavy atom. The Balaban J connectivity index is 1.04. The molecule has 12 heteroatoms. The SMILES string of the molecule is O=C(N1CCN(C2CC(n3cc(C4=c5cc[nH]c5=NC=NC4)cn3)C2)CC1)N1CCCC1C(F)(F)F. The highest BCUT2D eigenvalue weighted by Crippen LogP contribution is 2.37. The van der Waals surface area contributed by atoms with Crippen LogP contribution in [0, 0.1) is 0 Å². The summed E-state index contributed by atoms with van der Waals surface area (Å²) in [6.07, 6.45) is 5.41. The molecule has 192 valence electrons. The van der Waals surface area contributed by atoms with Crippen molar-refractivity contribution >= 4 is 17.9 Å². The van der Waals surface area contributed by atoms with E-state index in [0.717, 1.165) is 39.6 Å². The van der Waals surface area contributed by atoms with Gasteiger partial charge in [-0.1, -0.05) is 0 Å². The number of amides is 2. The summed E-state index contributed by atoms with van der Waals surface area (Å²) in [5, 5.41) is 5.66. The summed E-state index contributed by atoms with van der Waals surface area (Å²) in [4.78, 5) is 29.6. The van der Waals surface area contributed by atoms with Gasteiger partial charge in [0.05, 0.1) is 18.8 Å². The van der Waals surface area contributed by atoms with Crippen LogP contribution in [0.2, 0.25) is 0 Å². The Kier molecular flexibility index (Phi) is 5.85. The van der Waals surface area contributed by atoms with Crippen molar-refractivity contribution in [2.75, 3.05) is 39.3 Å². The molecule has 1 saturated carbocycles. The van der Waals surface area contributed by atoms with Crippen LogP contribution in [0.5, 0.6) is 0 Å². The smallest absolute Gasteiger partial charge is 0.346 e. The van der Waals surface area contributed by atoms with Crippen molar-refractivity contribution in [3.05, 3.63) is 40.9 Å². The molecule has 1 N–H and O–H groups in total. The van der Waals surface area contributed by atoms with Crippen LogP contribution in [0.15, 0.2) is 34.6 Å². The molecule has 36 heavy (non-hydrogen) atoms. The van der Waals surface area contributed by atoms with Crippen LogP contribution in [0.25, 0.3) is 5.57 Å². The molecule has 4 aliphatic rings. The summed E-state index contributed by atoms with van der Waals surface area (Å²) in [5.74, 6) is 0. The highest BCUT2D eigenvalue weighted by molar-refractivity contribution is 5.75. The zero-order valence-electron chi connectivity index (χ0n) is 19.9. The molecule has 3 fully saturated rings. The predicted molar refractivity (Wildman–Crippen MR) is 126 cm³/mol. The molecule has 6 rings (SSSR count). The van der Waals surface area contributed by atoms with Gasteiger partial charge in [-0.3, -0.25) is 14.6 Å². The third kappa shape index (κ3) is 4.21. The monoisotopic (exact) mass is 502 g/mol. The molecule has 2 saturated heterocycles. The Bertz CT molecular complexity index is 1270. The predicted octanol–water partition coefficient (Wildman–Crippen LogP) is 1.54. The molecule has 1 unspecified atom stereocenters. The van der Waals surface area contributed by atoms with E-state index in [1.165, 1.54) is 0 Å². The van der Waals surface area contributed by atoms with Crippen LogP contribution in [0.1, 0.15) is 37.3 Å². The third-order valence-electron chi connectivity index (χ3n) is 7.96. The lowest BCUT2D eigenvalue weighted by Gasteiger charge is -2.47. The number of aliphatic imine (C=N–C) groups is 1. The van der Waals surface area contributed by atoms with Gasteiger partial charge in [0.15, 0.2) is 0 Å². The minimum Gasteiger partial charge on any atom is -0.346 e. The van der Waals surface area contributed by atoms with Gasteiger partial charge >= 0.3 is 12.2 Å². The number of hydrogen-bond acceptors (Lipinski definition) is 5. The van der Waals surface area contributed by atoms with Crippen LogP contribution in [0.3, 0.4) is 0 Å². The average molecular weight is 503 g/mol. The van der Waals surface area contributed by atoms with E-state index in [9.17, 15) is 18.0 Å². The number of aromatic nitrogens is 3. The molecule has 2 aromatic rings. The van der Waals surface area contributed by atoms with Gasteiger partial charge in [0.1, 0.15) is 17.9 Å². The van der Waals surface area contributed by atoms with E-state index < -0.39 is 18.2 Å². The number of likely N-dealkylation sites (tertiary alicyclic amines) is 1. The first-order valence-corrected chi connectivity index (χ1v) is 12.5. The first-order valence-electron chi connectivity index (χ1n) is 12.5. The molecule has 0 radical (unpaired) electrons. The van der Waals surface area contributed by atoms with E-state index in [1.807, 2.05) is 23.1 Å². The lowest BCUT2D eigenvalue weighted by molar-refractivity contribution is -0.170. The number of H-pyrrole nitrogens is 1. The molecule has 2 aromatic heterocycles. The minimum absolute atomic E-state index is 0.00195. The van der Waals surface area contributed by atoms with Crippen LogP contribution in [-0.2, 0) is 0 Å². The van der Waals surface area contributed by atoms with Gasteiger partial charge in [0, 0.05) is 61.9 Å². The summed E-state index contributed by atoms with van der Waals surface area (Å²) >= 11 is 0. The van der Waals surface area contributed by atoms with E-state index in [0.29, 0.717) is 51.2 Å². The van der Waals surface area contributed by atoms with Crippen molar-refractivity contribution < 1.29 is 18.0 Å². The van der Waals surface area contributed by atoms with Crippen LogP contribution < -0.4 is 10.7 Å². The van der Waals surface area contributed by atoms with E-state index in [2.05, 4.69) is 31.2 Å². The lowest BCUT2D eigenvalue weighted by Crippen LogP contribution is -2.58. The van der Waals surface area contributed by atoms with Gasteiger partial charge in [-0.15, -0.1) is 0 Å². The van der Waals surface area contributed by atoms with Crippen molar-refractivity contribution in [3.63, 3.8) is 0 Å². The normalized spacial score (nSPS) is 27.0. The molecular formula is C24H29F3N8O. The number of rotatable bonds is 3. The number of carbonyl (C=O) groups excluding carboxylic acids is 1. The molecule has 5 heterocycles. The van der Waals surface area contributed by atoms with Crippen LogP contribution in [0.4, 0.5) is 18.0 Å². The second-order valence-electron chi connectivity index (χ2n) is 9.99. The number of nitrogens with zero attached hydrogens (tertiary/aromatic N) is 7. The average Bonchev–Trinajstić information content (AvgIpc) is 3.58. The number of hydrogen-bond donors (Lipinski definition) is 1. The summed E-state index contributed by atoms with van der Waals surface area (Å²) in [5.41, 5.74) is 2.94. The number of carbonyl (C=O) groups is 1. The fraction of sp³-hybridized carbons (Fsp3) is 0.583. The van der Waals surface area contributed by atoms with Crippen molar-refractivity contribution in [2.45, 2.75) is 50.0 Å². The third-order valence-corrected chi connectivity index (χ3v) is 7.96. The highest BCUT2D eigenvalue weighted by atomic mass is 19.4. The maximum atomic E-state index is 13.3. The summed E-state index contributed by atoms with van der Waals surface area (Å²) < 4.78 is 41.8. The molecule has 0 spiro atoms. The Labute approximate surface area is 206 Å². The fourth-order valence-corrected chi connectivity index (χ4v) is 5.84. The molecule has 9 nitrogen and oxygen atoms in total. The van der Waals surface area contributed by atoms with Crippen molar-refractivity contribution in [2.24, 2.45) is 9.98 Å². The quantitative estimate of drug-likeness (QED) is 0.691. The van der Waals surface area contributed by atoms with Gasteiger partial charge < -0.3 is 14.8 Å². The lowest BCUT2D eigenvalue weighted by atomic mass is 9.85. The first-order chi connectivity index (χ1) is 17.4. The Morgan fingerprint density at radius 2 is 1.89 bits per heavy atom. The van der Waals surface area contributed by atoms with Gasteiger partial charge in [-0.25, -0.2) is 9.79 Å². The molecule has 0 bridgehead atoms. The Morgan fingerprint density at radius 1 is 1.08 bits per heavy atom. The van der Waals surface area contributed by atoms with E-state index >= 15 is 0 Å². The summed E-state index contributed by atoms with van der Waals surface area (Å²) in [7, 11) is 0. The van der Waals surface area contributed by atoms with Gasteiger partial charge in [0.2, 0.25) is 0 Å². The number of piperazine rings is 1. The van der Waals surface area contributed by atoms with Gasteiger partial charge in [0.25, 0.3) is 0 Å². The first kappa shape index (κ1) is 23.3. The summed E-state index contributed by atoms with van der Waals surface area (Å²) in [6.45, 7) is 3.05. The Hall–Kier alpha value is -3.15. The van der Waals surface area contributed by atoms with Crippen molar-refractivity contribution in [1.29, 1.82) is 0 Å². The molecule has 2 amide bonds. The largest absolute Gasteiger partial charge is 0.408 e. The minimum atomic E-state index is -4.36. The highest BCUT2D eigenvalue weighted by Gasteiger charge is 2.49. The zero-order valence-corrected chi connectivity index (χ0v) is 19.9. The molecule has 0 aromatic carbocycles. The maximum Gasteiger partial charge on any atom is 0.408 e. The molecule has 3 aliphatic heterocycles. The second-order valence-corrected chi connectivity index (χ2v) is 9.99. The molecule has 1 atom stereocenters. The summed E-state index contributed by atoms with van der Waals surface area (Å²) in [6, 6.07) is 0.613. The zero-order chi connectivity index (χ0) is 24.9. The van der Waals surface area contributed by atoms with Crippen molar-refractivity contribution in [1.82, 2.24) is 29.5 Å². The number of alkyl halides is 3.